The summed E-state index contributed by atoms with van der Waals surface area (Å²) in [5, 5.41) is 17.0. The zero-order valence-electron chi connectivity index (χ0n) is 6.66. The summed E-state index contributed by atoms with van der Waals surface area (Å²) in [4.78, 5) is 9.96. The Bertz CT molecular complexity index is 138. The van der Waals surface area contributed by atoms with E-state index in [1.54, 1.807) is 13.0 Å². The van der Waals surface area contributed by atoms with Crippen LogP contribution in [-0.2, 0) is 4.79 Å². The highest BCUT2D eigenvalue weighted by Gasteiger charge is 1.92. The number of rotatable bonds is 5. The van der Waals surface area contributed by atoms with Crippen molar-refractivity contribution in [3.63, 3.8) is 0 Å². The zero-order chi connectivity index (χ0) is 8.69. The molecule has 0 unspecified atom stereocenters. The van der Waals surface area contributed by atoms with Gasteiger partial charge in [0.25, 0.3) is 0 Å². The number of carbonyl (C=O) groups is 1. The maximum Gasteiger partial charge on any atom is 0.327 e. The second kappa shape index (κ2) is 5.92. The van der Waals surface area contributed by atoms with Crippen molar-refractivity contribution in [1.29, 1.82) is 0 Å². The molecule has 3 heteroatoms. The zero-order valence-corrected chi connectivity index (χ0v) is 6.66. The normalized spacial score (nSPS) is 13.6. The lowest BCUT2D eigenvalue weighted by molar-refractivity contribution is -0.131. The van der Waals surface area contributed by atoms with Gasteiger partial charge in [0, 0.05) is 6.08 Å². The van der Waals surface area contributed by atoms with Crippen LogP contribution in [0, 0.1) is 0 Å². The van der Waals surface area contributed by atoms with Crippen molar-refractivity contribution in [2.45, 2.75) is 32.3 Å². The van der Waals surface area contributed by atoms with Gasteiger partial charge in [0.1, 0.15) is 0 Å². The fourth-order valence-corrected chi connectivity index (χ4v) is 0.715. The lowest BCUT2D eigenvalue weighted by atomic mass is 10.2. The lowest BCUT2D eigenvalue weighted by Crippen LogP contribution is -1.97. The number of hydrogen-bond donors (Lipinski definition) is 2. The van der Waals surface area contributed by atoms with Gasteiger partial charge in [-0.05, 0) is 26.2 Å². The summed E-state index contributed by atoms with van der Waals surface area (Å²) in [5.74, 6) is -0.915. The molecule has 0 fully saturated rings. The van der Waals surface area contributed by atoms with Crippen molar-refractivity contribution >= 4 is 5.97 Å². The second-order valence-corrected chi connectivity index (χ2v) is 2.52. The minimum absolute atomic E-state index is 0.284. The van der Waals surface area contributed by atoms with Crippen LogP contribution in [0.5, 0.6) is 0 Å². The van der Waals surface area contributed by atoms with Crippen LogP contribution in [-0.4, -0.2) is 22.3 Å². The molecule has 0 aliphatic heterocycles. The molecule has 0 aromatic carbocycles. The van der Waals surface area contributed by atoms with Crippen LogP contribution in [0.15, 0.2) is 12.2 Å². The Morgan fingerprint density at radius 2 is 2.27 bits per heavy atom. The van der Waals surface area contributed by atoms with Crippen LogP contribution >= 0.6 is 0 Å². The van der Waals surface area contributed by atoms with Crippen LogP contribution in [0.3, 0.4) is 0 Å². The maximum absolute atomic E-state index is 9.96. The van der Waals surface area contributed by atoms with E-state index in [1.165, 1.54) is 0 Å². The van der Waals surface area contributed by atoms with E-state index in [9.17, 15) is 4.79 Å². The van der Waals surface area contributed by atoms with Crippen molar-refractivity contribution < 1.29 is 15.0 Å². The van der Waals surface area contributed by atoms with Gasteiger partial charge in [0.15, 0.2) is 0 Å². The molecule has 2 N–H and O–H groups in total. The minimum atomic E-state index is -0.915. The topological polar surface area (TPSA) is 57.5 Å². The number of allylic oxidation sites excluding steroid dienone is 1. The highest BCUT2D eigenvalue weighted by Crippen LogP contribution is 2.00. The smallest absolute Gasteiger partial charge is 0.327 e. The summed E-state index contributed by atoms with van der Waals surface area (Å²) in [6.07, 6.45) is 4.73. The van der Waals surface area contributed by atoms with Gasteiger partial charge >= 0.3 is 5.97 Å². The number of carboxylic acid groups (broad SMARTS) is 1. The molecule has 0 aromatic rings. The fraction of sp³-hybridized carbons (Fsp3) is 0.625. The van der Waals surface area contributed by atoms with Gasteiger partial charge in [0.2, 0.25) is 0 Å². The number of aliphatic hydroxyl groups is 1. The van der Waals surface area contributed by atoms with Gasteiger partial charge in [-0.1, -0.05) is 6.08 Å². The standard InChI is InChI=1S/C8H14O3/c1-7(9)5-3-2-4-6-8(10)11/h4,6-7,9H,2-3,5H2,1H3,(H,10,11)/b6-4+/t7-/m1/s1. The Morgan fingerprint density at radius 3 is 2.73 bits per heavy atom. The van der Waals surface area contributed by atoms with Gasteiger partial charge in [-0.2, -0.15) is 0 Å². The predicted octanol–water partition coefficient (Wildman–Crippen LogP) is 1.18. The molecule has 0 radical (unpaired) electrons. The van der Waals surface area contributed by atoms with Gasteiger partial charge in [-0.3, -0.25) is 0 Å². The Balaban J connectivity index is 3.21. The van der Waals surface area contributed by atoms with E-state index >= 15 is 0 Å². The van der Waals surface area contributed by atoms with E-state index in [2.05, 4.69) is 0 Å². The van der Waals surface area contributed by atoms with Crippen LogP contribution in [0.1, 0.15) is 26.2 Å². The highest BCUT2D eigenvalue weighted by atomic mass is 16.4. The first-order valence-corrected chi connectivity index (χ1v) is 3.70. The molecule has 0 aromatic heterocycles. The number of aliphatic hydroxyl groups excluding tert-OH is 1. The summed E-state index contributed by atoms with van der Waals surface area (Å²) in [6.45, 7) is 1.72. The first-order valence-electron chi connectivity index (χ1n) is 3.70. The van der Waals surface area contributed by atoms with Gasteiger partial charge in [-0.15, -0.1) is 0 Å². The predicted molar refractivity (Wildman–Crippen MR) is 42.3 cm³/mol. The summed E-state index contributed by atoms with van der Waals surface area (Å²) >= 11 is 0. The molecule has 0 bridgehead atoms. The number of carboxylic acids is 1. The quantitative estimate of drug-likeness (QED) is 0.466. The Hall–Kier alpha value is -0.830. The third-order valence-electron chi connectivity index (χ3n) is 1.25. The van der Waals surface area contributed by atoms with Crippen LogP contribution < -0.4 is 0 Å². The molecule has 11 heavy (non-hydrogen) atoms. The lowest BCUT2D eigenvalue weighted by Gasteiger charge is -1.99. The molecule has 0 saturated heterocycles. The molecule has 0 heterocycles. The SMILES string of the molecule is C[C@@H](O)CCC/C=C/C(=O)O. The van der Waals surface area contributed by atoms with E-state index in [1.807, 2.05) is 0 Å². The van der Waals surface area contributed by atoms with Gasteiger partial charge < -0.3 is 10.2 Å². The maximum atomic E-state index is 9.96. The molecular formula is C8H14O3. The Morgan fingerprint density at radius 1 is 1.64 bits per heavy atom. The molecule has 0 aliphatic rings. The molecule has 0 aliphatic carbocycles. The van der Waals surface area contributed by atoms with E-state index in [4.69, 9.17) is 10.2 Å². The molecule has 0 spiro atoms. The van der Waals surface area contributed by atoms with Crippen molar-refractivity contribution in [2.24, 2.45) is 0 Å². The molecule has 0 rings (SSSR count). The van der Waals surface area contributed by atoms with Crippen molar-refractivity contribution in [3.05, 3.63) is 12.2 Å². The second-order valence-electron chi connectivity index (χ2n) is 2.52. The number of hydrogen-bond acceptors (Lipinski definition) is 2. The summed E-state index contributed by atoms with van der Waals surface area (Å²) < 4.78 is 0. The highest BCUT2D eigenvalue weighted by molar-refractivity contribution is 5.79. The first kappa shape index (κ1) is 10.2. The van der Waals surface area contributed by atoms with Crippen molar-refractivity contribution in [2.75, 3.05) is 0 Å². The minimum Gasteiger partial charge on any atom is -0.478 e. The number of unbranched alkanes of at least 4 members (excludes halogenated alkanes) is 1. The van der Waals surface area contributed by atoms with E-state index < -0.39 is 5.97 Å². The third-order valence-corrected chi connectivity index (χ3v) is 1.25. The Kier molecular flexibility index (Phi) is 5.47. The summed E-state index contributed by atoms with van der Waals surface area (Å²) in [7, 11) is 0. The van der Waals surface area contributed by atoms with Crippen LogP contribution in [0.4, 0.5) is 0 Å². The monoisotopic (exact) mass is 158 g/mol. The average molecular weight is 158 g/mol. The van der Waals surface area contributed by atoms with E-state index in [0.29, 0.717) is 0 Å². The largest absolute Gasteiger partial charge is 0.478 e. The van der Waals surface area contributed by atoms with Crippen LogP contribution in [0.2, 0.25) is 0 Å². The number of aliphatic carboxylic acids is 1. The molecule has 3 nitrogen and oxygen atoms in total. The van der Waals surface area contributed by atoms with Gasteiger partial charge in [0.05, 0.1) is 6.10 Å². The van der Waals surface area contributed by atoms with Gasteiger partial charge in [-0.25, -0.2) is 4.79 Å². The average Bonchev–Trinajstić information content (AvgIpc) is 1.85. The molecule has 0 saturated carbocycles. The van der Waals surface area contributed by atoms with Crippen molar-refractivity contribution in [3.8, 4) is 0 Å². The third kappa shape index (κ3) is 9.17. The first-order chi connectivity index (χ1) is 5.13. The summed E-state index contributed by atoms with van der Waals surface area (Å²) in [6, 6.07) is 0. The van der Waals surface area contributed by atoms with Crippen molar-refractivity contribution in [1.82, 2.24) is 0 Å². The molecule has 0 amide bonds. The molecule has 64 valence electrons. The summed E-state index contributed by atoms with van der Waals surface area (Å²) in [5.41, 5.74) is 0. The fourth-order valence-electron chi connectivity index (χ4n) is 0.715. The van der Waals surface area contributed by atoms with Crippen LogP contribution in [0.25, 0.3) is 0 Å². The Labute approximate surface area is 66.4 Å². The van der Waals surface area contributed by atoms with E-state index in [-0.39, 0.29) is 6.10 Å². The molecule has 1 atom stereocenters. The molecular weight excluding hydrogens is 144 g/mol. The van der Waals surface area contributed by atoms with E-state index in [0.717, 1.165) is 25.3 Å².